The molecule has 0 aliphatic carbocycles. The lowest BCUT2D eigenvalue weighted by Crippen LogP contribution is -2.24. The van der Waals surface area contributed by atoms with Crippen LogP contribution < -0.4 is 0 Å². The fourth-order valence-electron chi connectivity index (χ4n) is 4.04. The Hall–Kier alpha value is -2.14. The number of halogens is 2. The molecule has 0 bridgehead atoms. The van der Waals surface area contributed by atoms with Crippen molar-refractivity contribution in [3.05, 3.63) is 57.2 Å². The number of benzene rings is 1. The first kappa shape index (κ1) is 29.9. The van der Waals surface area contributed by atoms with Crippen LogP contribution in [0.3, 0.4) is 0 Å². The summed E-state index contributed by atoms with van der Waals surface area (Å²) in [4.78, 5) is 0. The summed E-state index contributed by atoms with van der Waals surface area (Å²) in [7, 11) is 0. The van der Waals surface area contributed by atoms with E-state index >= 15 is 0 Å². The molecule has 0 fully saturated rings. The summed E-state index contributed by atoms with van der Waals surface area (Å²) in [6.45, 7) is 9.91. The molecule has 1 rings (SSSR count). The van der Waals surface area contributed by atoms with E-state index in [-0.39, 0.29) is 17.1 Å². The highest BCUT2D eigenvalue weighted by molar-refractivity contribution is 5.56. The summed E-state index contributed by atoms with van der Waals surface area (Å²) in [6.07, 6.45) is 11.7. The van der Waals surface area contributed by atoms with E-state index in [2.05, 4.69) is 19.1 Å². The largest absolute Gasteiger partial charge is 0.507 e. The van der Waals surface area contributed by atoms with Crippen LogP contribution in [-0.2, 0) is 6.42 Å². The van der Waals surface area contributed by atoms with E-state index in [1.54, 1.807) is 26.8 Å². The van der Waals surface area contributed by atoms with Crippen molar-refractivity contribution in [2.24, 2.45) is 0 Å². The van der Waals surface area contributed by atoms with Crippen LogP contribution in [0.25, 0.3) is 0 Å². The standard InChI is InChI=1S/C29H44F2O3/c1-20(12-8-14-25(18-30)19-31)10-7-11-21(2)13-9-16-29(6,34)17-15-26-24(5)27(32)22(3)23(4)28(26)33/h10,13-14,32-34H,7-9,11-12,15-19H2,1-6H3/b20-10+,21-13+. The summed E-state index contributed by atoms with van der Waals surface area (Å²) in [5, 5.41) is 31.6. The molecule has 0 amide bonds. The van der Waals surface area contributed by atoms with Crippen LogP contribution in [0.4, 0.5) is 8.78 Å². The molecule has 0 saturated heterocycles. The Bertz CT molecular complexity index is 860. The zero-order chi connectivity index (χ0) is 25.9. The SMILES string of the molecule is C/C(=C\CC/C(C)=C/CCC(C)(O)CCc1c(C)c(O)c(C)c(C)c1O)CCC=C(CF)CF. The van der Waals surface area contributed by atoms with Crippen molar-refractivity contribution in [1.82, 2.24) is 0 Å². The van der Waals surface area contributed by atoms with Gasteiger partial charge >= 0.3 is 0 Å². The average molecular weight is 479 g/mol. The zero-order valence-corrected chi connectivity index (χ0v) is 21.9. The zero-order valence-electron chi connectivity index (χ0n) is 21.9. The van der Waals surface area contributed by atoms with Crippen LogP contribution in [0.1, 0.15) is 88.0 Å². The van der Waals surface area contributed by atoms with Crippen molar-refractivity contribution in [1.29, 1.82) is 0 Å². The molecular formula is C29H44F2O3. The van der Waals surface area contributed by atoms with E-state index in [0.717, 1.165) is 25.7 Å². The number of phenols is 2. The highest BCUT2D eigenvalue weighted by Gasteiger charge is 2.23. The third-order valence-electron chi connectivity index (χ3n) is 6.80. The fraction of sp³-hybridized carbons (Fsp3) is 0.586. The molecule has 0 aromatic heterocycles. The smallest absolute Gasteiger partial charge is 0.122 e. The number of allylic oxidation sites excluding steroid dienone is 6. The monoisotopic (exact) mass is 478 g/mol. The lowest BCUT2D eigenvalue weighted by molar-refractivity contribution is 0.0431. The second-order valence-corrected chi connectivity index (χ2v) is 9.89. The van der Waals surface area contributed by atoms with Crippen molar-refractivity contribution in [3.8, 4) is 11.5 Å². The molecule has 0 saturated carbocycles. The summed E-state index contributed by atoms with van der Waals surface area (Å²) < 4.78 is 25.0. The maximum absolute atomic E-state index is 12.5. The minimum absolute atomic E-state index is 0.212. The quantitative estimate of drug-likeness (QED) is 0.189. The van der Waals surface area contributed by atoms with Crippen molar-refractivity contribution in [3.63, 3.8) is 0 Å². The molecule has 192 valence electrons. The topological polar surface area (TPSA) is 60.7 Å². The highest BCUT2D eigenvalue weighted by atomic mass is 19.1. The van der Waals surface area contributed by atoms with Gasteiger partial charge in [0.25, 0.3) is 0 Å². The molecule has 0 spiro atoms. The second kappa shape index (κ2) is 14.3. The van der Waals surface area contributed by atoms with Crippen molar-refractivity contribution in [2.45, 2.75) is 98.5 Å². The second-order valence-electron chi connectivity index (χ2n) is 9.89. The molecule has 0 aliphatic heterocycles. The minimum Gasteiger partial charge on any atom is -0.507 e. The molecule has 3 nitrogen and oxygen atoms in total. The van der Waals surface area contributed by atoms with Gasteiger partial charge in [0, 0.05) is 5.56 Å². The van der Waals surface area contributed by atoms with Crippen LogP contribution in [0.5, 0.6) is 11.5 Å². The van der Waals surface area contributed by atoms with Crippen LogP contribution in [0, 0.1) is 20.8 Å². The van der Waals surface area contributed by atoms with Crippen LogP contribution >= 0.6 is 0 Å². The Morgan fingerprint density at radius 1 is 0.765 bits per heavy atom. The van der Waals surface area contributed by atoms with Crippen molar-refractivity contribution >= 4 is 0 Å². The molecule has 0 aliphatic rings. The van der Waals surface area contributed by atoms with Gasteiger partial charge in [-0.15, -0.1) is 0 Å². The van der Waals surface area contributed by atoms with Gasteiger partial charge in [0.2, 0.25) is 0 Å². The Labute approximate surface area is 204 Å². The van der Waals surface area contributed by atoms with E-state index in [1.165, 1.54) is 11.1 Å². The van der Waals surface area contributed by atoms with Gasteiger partial charge < -0.3 is 15.3 Å². The van der Waals surface area contributed by atoms with Crippen LogP contribution in [0.2, 0.25) is 0 Å². The molecular weight excluding hydrogens is 434 g/mol. The number of alkyl halides is 2. The molecule has 34 heavy (non-hydrogen) atoms. The molecule has 0 heterocycles. The molecule has 3 N–H and O–H groups in total. The van der Waals surface area contributed by atoms with Gasteiger partial charge in [0.15, 0.2) is 0 Å². The first-order chi connectivity index (χ1) is 15.9. The Balaban J connectivity index is 2.51. The number of hydrogen-bond donors (Lipinski definition) is 3. The average Bonchev–Trinajstić information content (AvgIpc) is 2.79. The predicted molar refractivity (Wildman–Crippen MR) is 138 cm³/mol. The summed E-state index contributed by atoms with van der Waals surface area (Å²) in [5.74, 6) is 0.428. The number of rotatable bonds is 14. The molecule has 0 radical (unpaired) electrons. The third-order valence-corrected chi connectivity index (χ3v) is 6.80. The Morgan fingerprint density at radius 3 is 1.82 bits per heavy atom. The maximum Gasteiger partial charge on any atom is 0.122 e. The van der Waals surface area contributed by atoms with Crippen LogP contribution in [-0.4, -0.2) is 34.3 Å². The van der Waals surface area contributed by atoms with E-state index in [0.29, 0.717) is 47.9 Å². The summed E-state index contributed by atoms with van der Waals surface area (Å²) >= 11 is 0. The first-order valence-electron chi connectivity index (χ1n) is 12.3. The number of aromatic hydroxyl groups is 2. The first-order valence-corrected chi connectivity index (χ1v) is 12.3. The number of aliphatic hydroxyl groups is 1. The molecule has 1 aromatic rings. The van der Waals surface area contributed by atoms with Gasteiger partial charge in [-0.05, 0) is 115 Å². The summed E-state index contributed by atoms with van der Waals surface area (Å²) in [5.41, 5.74) is 4.60. The molecule has 1 aromatic carbocycles. The number of hydrogen-bond acceptors (Lipinski definition) is 3. The van der Waals surface area contributed by atoms with Crippen molar-refractivity contribution in [2.75, 3.05) is 13.3 Å². The van der Waals surface area contributed by atoms with Gasteiger partial charge in [-0.2, -0.15) is 0 Å². The Kier molecular flexibility index (Phi) is 12.6. The molecule has 1 unspecified atom stereocenters. The van der Waals surface area contributed by atoms with Gasteiger partial charge in [-0.1, -0.05) is 29.4 Å². The van der Waals surface area contributed by atoms with Gasteiger partial charge in [-0.25, -0.2) is 8.78 Å². The Morgan fingerprint density at radius 2 is 1.26 bits per heavy atom. The van der Waals surface area contributed by atoms with Crippen molar-refractivity contribution < 1.29 is 24.1 Å². The van der Waals surface area contributed by atoms with Gasteiger partial charge in [0.05, 0.1) is 5.60 Å². The maximum atomic E-state index is 12.5. The third kappa shape index (κ3) is 9.61. The predicted octanol–water partition coefficient (Wildman–Crippen LogP) is 7.81. The van der Waals surface area contributed by atoms with E-state index in [1.807, 2.05) is 13.8 Å². The molecule has 5 heteroatoms. The number of phenolic OH excluding ortho intramolecular Hbond substituents is 2. The summed E-state index contributed by atoms with van der Waals surface area (Å²) in [6, 6.07) is 0. The normalized spacial score (nSPS) is 14.3. The van der Waals surface area contributed by atoms with Crippen LogP contribution in [0.15, 0.2) is 34.9 Å². The molecule has 1 atom stereocenters. The highest BCUT2D eigenvalue weighted by Crippen LogP contribution is 2.37. The van der Waals surface area contributed by atoms with E-state index in [9.17, 15) is 24.1 Å². The van der Waals surface area contributed by atoms with Gasteiger partial charge in [0.1, 0.15) is 24.8 Å². The van der Waals surface area contributed by atoms with E-state index in [4.69, 9.17) is 0 Å². The van der Waals surface area contributed by atoms with Gasteiger partial charge in [-0.3, -0.25) is 0 Å². The fourth-order valence-corrected chi connectivity index (χ4v) is 4.04. The minimum atomic E-state index is -0.869. The lowest BCUT2D eigenvalue weighted by atomic mass is 9.88. The van der Waals surface area contributed by atoms with E-state index < -0.39 is 19.0 Å². The lowest BCUT2D eigenvalue weighted by Gasteiger charge is -2.24.